The van der Waals surface area contributed by atoms with Crippen molar-refractivity contribution in [3.05, 3.63) is 17.6 Å². The zero-order valence-corrected chi connectivity index (χ0v) is 9.84. The first-order chi connectivity index (χ1) is 6.94. The second-order valence-electron chi connectivity index (χ2n) is 3.25. The summed E-state index contributed by atoms with van der Waals surface area (Å²) >= 11 is 0. The second-order valence-corrected chi connectivity index (χ2v) is 4.94. The lowest BCUT2D eigenvalue weighted by Crippen LogP contribution is -2.15. The van der Waals surface area contributed by atoms with Gasteiger partial charge in [-0.15, -0.1) is 0 Å². The molecule has 1 aromatic rings. The van der Waals surface area contributed by atoms with E-state index in [0.717, 1.165) is 0 Å². The van der Waals surface area contributed by atoms with Gasteiger partial charge in [0.15, 0.2) is 0 Å². The summed E-state index contributed by atoms with van der Waals surface area (Å²) in [5, 5.41) is 0. The fourth-order valence-electron chi connectivity index (χ4n) is 1.01. The number of hydrogen-bond acceptors (Lipinski definition) is 5. The molecule has 0 bridgehead atoms. The standard InChI is InChI=1S/C9H14N2O3S/c1-4-5-15(12,13)14-9-8(3)10-6-7(2)11-9/h6H,4-5H2,1-3H3. The van der Waals surface area contributed by atoms with Gasteiger partial charge in [-0.25, -0.2) is 4.98 Å². The van der Waals surface area contributed by atoms with Crippen LogP contribution in [0.5, 0.6) is 5.88 Å². The van der Waals surface area contributed by atoms with Crippen LogP contribution in [0.25, 0.3) is 0 Å². The van der Waals surface area contributed by atoms with Gasteiger partial charge < -0.3 is 4.18 Å². The summed E-state index contributed by atoms with van der Waals surface area (Å²) in [5.74, 6) is 0.0608. The van der Waals surface area contributed by atoms with E-state index < -0.39 is 10.1 Å². The number of aryl methyl sites for hydroxylation is 2. The van der Waals surface area contributed by atoms with Gasteiger partial charge in [0.2, 0.25) is 0 Å². The summed E-state index contributed by atoms with van der Waals surface area (Å²) in [6, 6.07) is 0. The molecule has 0 atom stereocenters. The van der Waals surface area contributed by atoms with Crippen LogP contribution in [0, 0.1) is 13.8 Å². The molecule has 0 spiro atoms. The predicted octanol–water partition coefficient (Wildman–Crippen LogP) is 1.21. The summed E-state index contributed by atoms with van der Waals surface area (Å²) in [6.07, 6.45) is 2.08. The molecule has 0 amide bonds. The van der Waals surface area contributed by atoms with E-state index in [0.29, 0.717) is 17.8 Å². The van der Waals surface area contributed by atoms with E-state index in [9.17, 15) is 8.42 Å². The normalized spacial score (nSPS) is 11.4. The van der Waals surface area contributed by atoms with Crippen molar-refractivity contribution in [1.82, 2.24) is 9.97 Å². The molecule has 84 valence electrons. The van der Waals surface area contributed by atoms with Crippen molar-refractivity contribution < 1.29 is 12.6 Å². The highest BCUT2D eigenvalue weighted by Crippen LogP contribution is 2.14. The summed E-state index contributed by atoms with van der Waals surface area (Å²) in [5.41, 5.74) is 1.10. The number of rotatable bonds is 4. The fourth-order valence-corrected chi connectivity index (χ4v) is 1.99. The van der Waals surface area contributed by atoms with Gasteiger partial charge in [-0.2, -0.15) is 8.42 Å². The van der Waals surface area contributed by atoms with Gasteiger partial charge in [-0.1, -0.05) is 6.92 Å². The van der Waals surface area contributed by atoms with Crippen molar-refractivity contribution >= 4 is 10.1 Å². The Morgan fingerprint density at radius 3 is 2.67 bits per heavy atom. The van der Waals surface area contributed by atoms with Gasteiger partial charge in [-0.3, -0.25) is 4.98 Å². The number of nitrogens with zero attached hydrogens (tertiary/aromatic N) is 2. The first kappa shape index (κ1) is 11.9. The third-order valence-corrected chi connectivity index (χ3v) is 3.01. The molecule has 5 nitrogen and oxygen atoms in total. The summed E-state index contributed by atoms with van der Waals surface area (Å²) in [7, 11) is -3.53. The lowest BCUT2D eigenvalue weighted by atomic mass is 10.4. The Morgan fingerprint density at radius 2 is 2.07 bits per heavy atom. The highest BCUT2D eigenvalue weighted by atomic mass is 32.2. The Hall–Kier alpha value is -1.17. The maximum Gasteiger partial charge on any atom is 0.310 e. The highest BCUT2D eigenvalue weighted by molar-refractivity contribution is 7.87. The molecule has 0 saturated heterocycles. The molecule has 0 unspecified atom stereocenters. The van der Waals surface area contributed by atoms with Gasteiger partial charge in [0.1, 0.15) is 5.69 Å². The summed E-state index contributed by atoms with van der Waals surface area (Å²) in [6.45, 7) is 5.16. The van der Waals surface area contributed by atoms with E-state index in [1.165, 1.54) is 0 Å². The summed E-state index contributed by atoms with van der Waals surface area (Å²) in [4.78, 5) is 7.95. The summed E-state index contributed by atoms with van der Waals surface area (Å²) < 4.78 is 27.6. The van der Waals surface area contributed by atoms with Crippen molar-refractivity contribution in [2.24, 2.45) is 0 Å². The second kappa shape index (κ2) is 4.57. The Labute approximate surface area is 89.6 Å². The minimum Gasteiger partial charge on any atom is -0.360 e. The largest absolute Gasteiger partial charge is 0.360 e. The monoisotopic (exact) mass is 230 g/mol. The third kappa shape index (κ3) is 3.47. The van der Waals surface area contributed by atoms with Crippen LogP contribution in [0.4, 0.5) is 0 Å². The molecule has 0 aliphatic carbocycles. The molecule has 6 heteroatoms. The lowest BCUT2D eigenvalue weighted by molar-refractivity contribution is 0.470. The van der Waals surface area contributed by atoms with Crippen molar-refractivity contribution in [3.63, 3.8) is 0 Å². The SMILES string of the molecule is CCCS(=O)(=O)Oc1nc(C)cnc1C. The molecule has 1 heterocycles. The Bertz CT molecular complexity index is 443. The first-order valence-electron chi connectivity index (χ1n) is 4.67. The van der Waals surface area contributed by atoms with Gasteiger partial charge in [0.25, 0.3) is 5.88 Å². The smallest absolute Gasteiger partial charge is 0.310 e. The zero-order chi connectivity index (χ0) is 11.5. The minimum atomic E-state index is -3.53. The van der Waals surface area contributed by atoms with Crippen molar-refractivity contribution in [3.8, 4) is 5.88 Å². The molecule has 0 saturated carbocycles. The Balaban J connectivity index is 2.94. The maximum absolute atomic E-state index is 11.4. The van der Waals surface area contributed by atoms with Crippen LogP contribution >= 0.6 is 0 Å². The maximum atomic E-state index is 11.4. The molecule has 1 rings (SSSR count). The van der Waals surface area contributed by atoms with Crippen LogP contribution in [0.2, 0.25) is 0 Å². The van der Waals surface area contributed by atoms with Crippen molar-refractivity contribution in [2.75, 3.05) is 5.75 Å². The topological polar surface area (TPSA) is 69.2 Å². The lowest BCUT2D eigenvalue weighted by Gasteiger charge is -2.07. The van der Waals surface area contributed by atoms with Crippen molar-refractivity contribution in [1.29, 1.82) is 0 Å². The van der Waals surface area contributed by atoms with Gasteiger partial charge >= 0.3 is 10.1 Å². The van der Waals surface area contributed by atoms with Crippen LogP contribution in [0.15, 0.2) is 6.20 Å². The predicted molar refractivity (Wildman–Crippen MR) is 56.2 cm³/mol. The van der Waals surface area contributed by atoms with E-state index >= 15 is 0 Å². The van der Waals surface area contributed by atoms with E-state index in [4.69, 9.17) is 4.18 Å². The Morgan fingerprint density at radius 1 is 1.40 bits per heavy atom. The first-order valence-corrected chi connectivity index (χ1v) is 6.24. The number of aromatic nitrogens is 2. The van der Waals surface area contributed by atoms with E-state index in [1.807, 2.05) is 0 Å². The van der Waals surface area contributed by atoms with Crippen LogP contribution in [0.1, 0.15) is 24.7 Å². The third-order valence-electron chi connectivity index (χ3n) is 1.69. The van der Waals surface area contributed by atoms with E-state index in [2.05, 4.69) is 9.97 Å². The molecule has 0 aromatic carbocycles. The molecule has 0 N–H and O–H groups in total. The van der Waals surface area contributed by atoms with Crippen molar-refractivity contribution in [2.45, 2.75) is 27.2 Å². The van der Waals surface area contributed by atoms with Gasteiger partial charge in [0, 0.05) is 6.20 Å². The average molecular weight is 230 g/mol. The van der Waals surface area contributed by atoms with Gasteiger partial charge in [-0.05, 0) is 20.3 Å². The zero-order valence-electron chi connectivity index (χ0n) is 9.02. The quantitative estimate of drug-likeness (QED) is 0.727. The molecular formula is C9H14N2O3S. The van der Waals surface area contributed by atoms with E-state index in [-0.39, 0.29) is 11.6 Å². The number of hydrogen-bond donors (Lipinski definition) is 0. The molecule has 0 aliphatic rings. The van der Waals surface area contributed by atoms with Crippen LogP contribution in [0.3, 0.4) is 0 Å². The van der Waals surface area contributed by atoms with Crippen LogP contribution in [-0.2, 0) is 10.1 Å². The van der Waals surface area contributed by atoms with Crippen LogP contribution < -0.4 is 4.18 Å². The average Bonchev–Trinajstić information content (AvgIpc) is 2.10. The molecule has 15 heavy (non-hydrogen) atoms. The minimum absolute atomic E-state index is 0.0118. The molecule has 1 aromatic heterocycles. The molecule has 0 fully saturated rings. The highest BCUT2D eigenvalue weighted by Gasteiger charge is 2.14. The molecule has 0 radical (unpaired) electrons. The van der Waals surface area contributed by atoms with Crippen LogP contribution in [-0.4, -0.2) is 24.1 Å². The molecule has 0 aliphatic heterocycles. The Kier molecular flexibility index (Phi) is 3.62. The van der Waals surface area contributed by atoms with Gasteiger partial charge in [0.05, 0.1) is 11.4 Å². The fraction of sp³-hybridized carbons (Fsp3) is 0.556. The van der Waals surface area contributed by atoms with E-state index in [1.54, 1.807) is 27.0 Å². The molecular weight excluding hydrogens is 216 g/mol.